The summed E-state index contributed by atoms with van der Waals surface area (Å²) in [6.07, 6.45) is 14.7. The third-order valence-corrected chi connectivity index (χ3v) is 5.46. The van der Waals surface area contributed by atoms with E-state index in [-0.39, 0.29) is 29.6 Å². The molecule has 0 N–H and O–H groups in total. The van der Waals surface area contributed by atoms with E-state index < -0.39 is 15.4 Å². The van der Waals surface area contributed by atoms with Crippen LogP contribution in [0.1, 0.15) is 104 Å². The molecule has 5 heteroatoms. The molecule has 0 radical (unpaired) electrons. The minimum absolute atomic E-state index is 0. The van der Waals surface area contributed by atoms with Crippen LogP contribution in [0, 0.1) is 0 Å². The molecule has 0 atom stereocenters. The van der Waals surface area contributed by atoms with Gasteiger partial charge in [-0.3, -0.25) is 0 Å². The molecular weight excluding hydrogens is 307 g/mol. The van der Waals surface area contributed by atoms with E-state index in [4.69, 9.17) is 0 Å². The van der Waals surface area contributed by atoms with E-state index in [2.05, 4.69) is 13.8 Å². The van der Waals surface area contributed by atoms with Crippen LogP contribution in [0.25, 0.3) is 0 Å². The van der Waals surface area contributed by atoms with Crippen molar-refractivity contribution in [1.82, 2.24) is 0 Å². The quantitative estimate of drug-likeness (QED) is 0.261. The summed E-state index contributed by atoms with van der Waals surface area (Å²) in [4.78, 5) is 0. The molecule has 0 aromatic rings. The number of hydrogen-bond acceptors (Lipinski definition) is 3. The van der Waals surface area contributed by atoms with Gasteiger partial charge < -0.3 is 4.55 Å². The van der Waals surface area contributed by atoms with Crippen molar-refractivity contribution in [2.24, 2.45) is 0 Å². The molecule has 0 saturated carbocycles. The Kier molecular flexibility index (Phi) is 19.2. The van der Waals surface area contributed by atoms with Crippen LogP contribution < -0.4 is 29.6 Å². The summed E-state index contributed by atoms with van der Waals surface area (Å²) in [5, 5.41) is -0.644. The second kappa shape index (κ2) is 16.8. The van der Waals surface area contributed by atoms with Gasteiger partial charge in [-0.15, -0.1) is 0 Å². The summed E-state index contributed by atoms with van der Waals surface area (Å²) < 4.78 is 33.9. The van der Waals surface area contributed by atoms with Crippen molar-refractivity contribution in [2.45, 2.75) is 109 Å². The number of unbranched alkanes of at least 4 members (excludes halogenated alkanes) is 10. The second-order valence-electron chi connectivity index (χ2n) is 6.23. The number of rotatable bonds is 15. The zero-order chi connectivity index (χ0) is 16.0. The van der Waals surface area contributed by atoms with Crippen LogP contribution >= 0.6 is 0 Å². The molecule has 0 rings (SSSR count). The van der Waals surface area contributed by atoms with Gasteiger partial charge in [-0.2, -0.15) is 0 Å². The van der Waals surface area contributed by atoms with Gasteiger partial charge in [0.25, 0.3) is 0 Å². The number of hydrogen-bond donors (Lipinski definition) is 0. The van der Waals surface area contributed by atoms with E-state index in [1.165, 1.54) is 38.5 Å². The average Bonchev–Trinajstić information content (AvgIpc) is 2.42. The summed E-state index contributed by atoms with van der Waals surface area (Å²) in [5.74, 6) is 0. The minimum Gasteiger partial charge on any atom is -0.748 e. The molecule has 3 nitrogen and oxygen atoms in total. The Balaban J connectivity index is 0. The Hall–Kier alpha value is 0.910. The average molecular weight is 343 g/mol. The SMILES string of the molecule is CCCCCCCCC(CCCCCCCC)S(=O)(=O)[O-].[Na+]. The fourth-order valence-corrected chi connectivity index (χ4v) is 3.65. The van der Waals surface area contributed by atoms with E-state index >= 15 is 0 Å². The molecule has 0 aromatic heterocycles. The van der Waals surface area contributed by atoms with Crippen molar-refractivity contribution in [2.75, 3.05) is 0 Å². The van der Waals surface area contributed by atoms with E-state index in [0.717, 1.165) is 38.5 Å². The topological polar surface area (TPSA) is 57.2 Å². The molecule has 0 unspecified atom stereocenters. The first kappa shape index (κ1) is 25.2. The molecule has 0 spiro atoms. The molecular formula is C17H35NaO3S. The van der Waals surface area contributed by atoms with Gasteiger partial charge >= 0.3 is 29.6 Å². The van der Waals surface area contributed by atoms with Crippen molar-refractivity contribution in [3.63, 3.8) is 0 Å². The Bertz CT molecular complexity index is 302. The minimum atomic E-state index is -4.11. The third kappa shape index (κ3) is 15.8. The van der Waals surface area contributed by atoms with E-state index in [1.807, 2.05) is 0 Å². The summed E-state index contributed by atoms with van der Waals surface area (Å²) in [6, 6.07) is 0. The Morgan fingerprint density at radius 1 is 0.682 bits per heavy atom. The van der Waals surface area contributed by atoms with Gasteiger partial charge in [0.2, 0.25) is 0 Å². The zero-order valence-corrected chi connectivity index (χ0v) is 17.9. The molecule has 0 aromatic carbocycles. The van der Waals surface area contributed by atoms with Gasteiger partial charge in [-0.1, -0.05) is 90.9 Å². The van der Waals surface area contributed by atoms with E-state index in [0.29, 0.717) is 12.8 Å². The first-order valence-corrected chi connectivity index (χ1v) is 10.4. The van der Waals surface area contributed by atoms with E-state index in [9.17, 15) is 13.0 Å². The Labute approximate surface area is 161 Å². The maximum absolute atomic E-state index is 11.3. The maximum Gasteiger partial charge on any atom is 1.00 e. The fraction of sp³-hybridized carbons (Fsp3) is 1.00. The Morgan fingerprint density at radius 3 is 1.32 bits per heavy atom. The summed E-state index contributed by atoms with van der Waals surface area (Å²) in [6.45, 7) is 4.36. The Morgan fingerprint density at radius 2 is 1.00 bits per heavy atom. The first-order chi connectivity index (χ1) is 10.0. The van der Waals surface area contributed by atoms with Crippen molar-refractivity contribution >= 4 is 10.1 Å². The monoisotopic (exact) mass is 342 g/mol. The third-order valence-electron chi connectivity index (χ3n) is 4.17. The molecule has 0 amide bonds. The van der Waals surface area contributed by atoms with Crippen molar-refractivity contribution in [3.05, 3.63) is 0 Å². The van der Waals surface area contributed by atoms with Crippen LogP contribution in [0.5, 0.6) is 0 Å². The van der Waals surface area contributed by atoms with Crippen LogP contribution in [-0.4, -0.2) is 18.2 Å². The summed E-state index contributed by atoms with van der Waals surface area (Å²) >= 11 is 0. The second-order valence-corrected chi connectivity index (χ2v) is 7.88. The largest absolute Gasteiger partial charge is 1.00 e. The normalized spacial score (nSPS) is 11.6. The van der Waals surface area contributed by atoms with Crippen LogP contribution in [-0.2, 0) is 10.1 Å². The zero-order valence-electron chi connectivity index (χ0n) is 15.1. The van der Waals surface area contributed by atoms with Gasteiger partial charge in [0.1, 0.15) is 0 Å². The first-order valence-electron chi connectivity index (χ1n) is 8.97. The van der Waals surface area contributed by atoms with Crippen LogP contribution in [0.2, 0.25) is 0 Å². The molecule has 0 fully saturated rings. The van der Waals surface area contributed by atoms with E-state index in [1.54, 1.807) is 0 Å². The molecule has 0 aliphatic rings. The van der Waals surface area contributed by atoms with Crippen LogP contribution in [0.15, 0.2) is 0 Å². The summed E-state index contributed by atoms with van der Waals surface area (Å²) in [7, 11) is -4.11. The van der Waals surface area contributed by atoms with Gasteiger partial charge in [0.15, 0.2) is 0 Å². The molecule has 0 bridgehead atoms. The smallest absolute Gasteiger partial charge is 0.748 e. The molecule has 0 aliphatic carbocycles. The van der Waals surface area contributed by atoms with Gasteiger partial charge in [-0.25, -0.2) is 8.42 Å². The van der Waals surface area contributed by atoms with Gasteiger partial charge in [-0.05, 0) is 12.8 Å². The van der Waals surface area contributed by atoms with Crippen LogP contribution in [0.4, 0.5) is 0 Å². The molecule has 128 valence electrons. The van der Waals surface area contributed by atoms with Crippen LogP contribution in [0.3, 0.4) is 0 Å². The van der Waals surface area contributed by atoms with Crippen molar-refractivity contribution in [3.8, 4) is 0 Å². The predicted octanol–water partition coefficient (Wildman–Crippen LogP) is 2.41. The summed E-state index contributed by atoms with van der Waals surface area (Å²) in [5.41, 5.74) is 0. The fourth-order valence-electron chi connectivity index (χ4n) is 2.74. The van der Waals surface area contributed by atoms with Crippen molar-refractivity contribution in [1.29, 1.82) is 0 Å². The standard InChI is InChI=1S/C17H36O3S.Na/c1-3-5-7-9-11-13-15-17(21(18,19)20)16-14-12-10-8-6-4-2;/h17H,3-16H2,1-2H3,(H,18,19,20);/q;+1/p-1. The molecule has 22 heavy (non-hydrogen) atoms. The van der Waals surface area contributed by atoms with Gasteiger partial charge in [0.05, 0.1) is 10.1 Å². The van der Waals surface area contributed by atoms with Crippen molar-refractivity contribution < 1.29 is 42.5 Å². The predicted molar refractivity (Wildman–Crippen MR) is 89.5 cm³/mol. The molecule has 0 aliphatic heterocycles. The molecule has 0 heterocycles. The maximum atomic E-state index is 11.3. The molecule has 0 saturated heterocycles. The van der Waals surface area contributed by atoms with Gasteiger partial charge in [0, 0.05) is 5.25 Å².